The van der Waals surface area contributed by atoms with Crippen molar-refractivity contribution in [3.63, 3.8) is 0 Å². The quantitative estimate of drug-likeness (QED) is 0.800. The van der Waals surface area contributed by atoms with Gasteiger partial charge in [-0.1, -0.05) is 35.5 Å². The van der Waals surface area contributed by atoms with Crippen molar-refractivity contribution in [2.45, 2.75) is 6.54 Å². The van der Waals surface area contributed by atoms with Crippen molar-refractivity contribution >= 4 is 6.09 Å². The lowest BCUT2D eigenvalue weighted by Crippen LogP contribution is -2.26. The summed E-state index contributed by atoms with van der Waals surface area (Å²) in [6.45, 7) is -0.0207. The Morgan fingerprint density at radius 1 is 1.13 bits per heavy atom. The van der Waals surface area contributed by atoms with E-state index in [9.17, 15) is 9.18 Å². The van der Waals surface area contributed by atoms with Gasteiger partial charge in [-0.2, -0.15) is 4.98 Å². The normalized spacial score (nSPS) is 10.3. The Bertz CT molecular complexity index is 805. The standard InChI is InChI=1S/C16H12FN3O3/c17-13-9-5-4-8-12(13)15-19-14(23-20-15)10-18-16(21)22-11-6-2-1-3-7-11/h1-9H,10H2,(H,18,21). The van der Waals surface area contributed by atoms with Crippen LogP contribution in [0.15, 0.2) is 59.1 Å². The highest BCUT2D eigenvalue weighted by Gasteiger charge is 2.13. The van der Waals surface area contributed by atoms with Crippen LogP contribution in [0.5, 0.6) is 5.75 Å². The molecule has 23 heavy (non-hydrogen) atoms. The van der Waals surface area contributed by atoms with Crippen molar-refractivity contribution in [2.75, 3.05) is 0 Å². The molecule has 3 aromatic rings. The van der Waals surface area contributed by atoms with Gasteiger partial charge in [-0.15, -0.1) is 0 Å². The molecule has 3 rings (SSSR count). The molecule has 0 unspecified atom stereocenters. The van der Waals surface area contributed by atoms with Gasteiger partial charge in [0, 0.05) is 0 Å². The molecule has 1 amide bonds. The summed E-state index contributed by atoms with van der Waals surface area (Å²) >= 11 is 0. The van der Waals surface area contributed by atoms with Crippen LogP contribution >= 0.6 is 0 Å². The third-order valence-electron chi connectivity index (χ3n) is 2.92. The molecular weight excluding hydrogens is 301 g/mol. The van der Waals surface area contributed by atoms with Crippen LogP contribution in [0.2, 0.25) is 0 Å². The van der Waals surface area contributed by atoms with Gasteiger partial charge < -0.3 is 14.6 Å². The molecule has 6 nitrogen and oxygen atoms in total. The minimum Gasteiger partial charge on any atom is -0.410 e. The number of halogens is 1. The van der Waals surface area contributed by atoms with Crippen LogP contribution in [0.1, 0.15) is 5.89 Å². The van der Waals surface area contributed by atoms with Gasteiger partial charge in [0.15, 0.2) is 0 Å². The van der Waals surface area contributed by atoms with Crippen LogP contribution in [0.25, 0.3) is 11.4 Å². The van der Waals surface area contributed by atoms with E-state index in [2.05, 4.69) is 15.5 Å². The molecule has 0 saturated carbocycles. The fraction of sp³-hybridized carbons (Fsp3) is 0.0625. The number of para-hydroxylation sites is 1. The molecule has 2 aromatic carbocycles. The second-order valence-corrected chi connectivity index (χ2v) is 4.55. The van der Waals surface area contributed by atoms with E-state index in [1.165, 1.54) is 6.07 Å². The maximum atomic E-state index is 13.6. The van der Waals surface area contributed by atoms with Crippen molar-refractivity contribution < 1.29 is 18.4 Å². The first-order valence-electron chi connectivity index (χ1n) is 6.80. The third-order valence-corrected chi connectivity index (χ3v) is 2.92. The van der Waals surface area contributed by atoms with Gasteiger partial charge in [0.1, 0.15) is 18.1 Å². The summed E-state index contributed by atoms with van der Waals surface area (Å²) in [5.74, 6) is 0.239. The Morgan fingerprint density at radius 2 is 1.87 bits per heavy atom. The van der Waals surface area contributed by atoms with Crippen LogP contribution < -0.4 is 10.1 Å². The van der Waals surface area contributed by atoms with Crippen LogP contribution in [0.4, 0.5) is 9.18 Å². The lowest BCUT2D eigenvalue weighted by molar-refractivity contribution is 0.198. The number of nitrogens with one attached hydrogen (secondary N) is 1. The number of nitrogens with zero attached hydrogens (tertiary/aromatic N) is 2. The van der Waals surface area contributed by atoms with Gasteiger partial charge in [0.05, 0.1) is 5.56 Å². The minimum absolute atomic E-state index is 0.0207. The van der Waals surface area contributed by atoms with E-state index in [1.807, 2.05) is 6.07 Å². The van der Waals surface area contributed by atoms with Crippen molar-refractivity contribution in [3.8, 4) is 17.1 Å². The molecule has 0 spiro atoms. The van der Waals surface area contributed by atoms with E-state index in [0.717, 1.165) is 0 Å². The Hall–Kier alpha value is -3.22. The van der Waals surface area contributed by atoms with E-state index in [-0.39, 0.29) is 23.8 Å². The van der Waals surface area contributed by atoms with Crippen molar-refractivity contribution in [1.82, 2.24) is 15.5 Å². The summed E-state index contributed by atoms with van der Waals surface area (Å²) in [5, 5.41) is 6.17. The highest BCUT2D eigenvalue weighted by molar-refractivity contribution is 5.70. The molecule has 0 aliphatic carbocycles. The largest absolute Gasteiger partial charge is 0.413 e. The van der Waals surface area contributed by atoms with Crippen LogP contribution in [-0.4, -0.2) is 16.2 Å². The average molecular weight is 313 g/mol. The van der Waals surface area contributed by atoms with E-state index < -0.39 is 11.9 Å². The summed E-state index contributed by atoms with van der Waals surface area (Å²) < 4.78 is 23.7. The number of aromatic nitrogens is 2. The monoisotopic (exact) mass is 313 g/mol. The molecule has 116 valence electrons. The lowest BCUT2D eigenvalue weighted by atomic mass is 10.2. The molecule has 1 heterocycles. The number of carbonyl (C=O) groups excluding carboxylic acids is 1. The summed E-state index contributed by atoms with van der Waals surface area (Å²) in [5.41, 5.74) is 0.231. The second kappa shape index (κ2) is 6.69. The maximum Gasteiger partial charge on any atom is 0.413 e. The summed E-state index contributed by atoms with van der Waals surface area (Å²) in [6.07, 6.45) is -0.651. The Labute approximate surface area is 130 Å². The number of carbonyl (C=O) groups is 1. The molecule has 0 fully saturated rings. The minimum atomic E-state index is -0.651. The van der Waals surface area contributed by atoms with E-state index in [4.69, 9.17) is 9.26 Å². The molecule has 0 radical (unpaired) electrons. The topological polar surface area (TPSA) is 77.3 Å². The Balaban J connectivity index is 1.59. The predicted molar refractivity (Wildman–Crippen MR) is 79.0 cm³/mol. The molecule has 7 heteroatoms. The van der Waals surface area contributed by atoms with E-state index in [0.29, 0.717) is 5.75 Å². The highest BCUT2D eigenvalue weighted by atomic mass is 19.1. The third kappa shape index (κ3) is 3.70. The zero-order chi connectivity index (χ0) is 16.1. The van der Waals surface area contributed by atoms with Crippen LogP contribution in [0, 0.1) is 5.82 Å². The van der Waals surface area contributed by atoms with Gasteiger partial charge in [0.25, 0.3) is 0 Å². The van der Waals surface area contributed by atoms with Gasteiger partial charge in [-0.25, -0.2) is 9.18 Å². The smallest absolute Gasteiger partial charge is 0.410 e. The average Bonchev–Trinajstić information content (AvgIpc) is 3.03. The molecule has 1 N–H and O–H groups in total. The molecule has 0 saturated heterocycles. The summed E-state index contributed by atoms with van der Waals surface area (Å²) in [7, 11) is 0. The molecule has 0 atom stereocenters. The molecule has 0 bridgehead atoms. The second-order valence-electron chi connectivity index (χ2n) is 4.55. The fourth-order valence-corrected chi connectivity index (χ4v) is 1.86. The Morgan fingerprint density at radius 3 is 2.65 bits per heavy atom. The molecule has 1 aromatic heterocycles. The number of hydrogen-bond donors (Lipinski definition) is 1. The highest BCUT2D eigenvalue weighted by Crippen LogP contribution is 2.19. The van der Waals surface area contributed by atoms with Crippen molar-refractivity contribution in [1.29, 1.82) is 0 Å². The number of hydrogen-bond acceptors (Lipinski definition) is 5. The molecule has 0 aliphatic heterocycles. The van der Waals surface area contributed by atoms with Gasteiger partial charge >= 0.3 is 6.09 Å². The van der Waals surface area contributed by atoms with Crippen molar-refractivity contribution in [2.24, 2.45) is 0 Å². The first kappa shape index (κ1) is 14.7. The maximum absolute atomic E-state index is 13.6. The van der Waals surface area contributed by atoms with Crippen LogP contribution in [-0.2, 0) is 6.54 Å². The first-order chi connectivity index (χ1) is 11.2. The number of ether oxygens (including phenoxy) is 1. The molecule has 0 aliphatic rings. The van der Waals surface area contributed by atoms with E-state index in [1.54, 1.807) is 42.5 Å². The zero-order valence-corrected chi connectivity index (χ0v) is 11.9. The van der Waals surface area contributed by atoms with E-state index >= 15 is 0 Å². The predicted octanol–water partition coefficient (Wildman–Crippen LogP) is 3.16. The van der Waals surface area contributed by atoms with Gasteiger partial charge in [-0.3, -0.25) is 0 Å². The van der Waals surface area contributed by atoms with Crippen molar-refractivity contribution in [3.05, 3.63) is 66.3 Å². The molecular formula is C16H12FN3O3. The fourth-order valence-electron chi connectivity index (χ4n) is 1.86. The van der Waals surface area contributed by atoms with Crippen LogP contribution in [0.3, 0.4) is 0 Å². The summed E-state index contributed by atoms with van der Waals surface area (Å²) in [4.78, 5) is 15.7. The van der Waals surface area contributed by atoms with Gasteiger partial charge in [0.2, 0.25) is 11.7 Å². The Kier molecular flexibility index (Phi) is 4.28. The lowest BCUT2D eigenvalue weighted by Gasteiger charge is -2.03. The summed E-state index contributed by atoms with van der Waals surface area (Å²) in [6, 6.07) is 14.7. The SMILES string of the molecule is O=C(NCc1nc(-c2ccccc2F)no1)Oc1ccccc1. The number of rotatable bonds is 4. The number of benzene rings is 2. The zero-order valence-electron chi connectivity index (χ0n) is 11.9. The van der Waals surface area contributed by atoms with Gasteiger partial charge in [-0.05, 0) is 24.3 Å². The first-order valence-corrected chi connectivity index (χ1v) is 6.80. The number of amides is 1.